The second-order valence-electron chi connectivity index (χ2n) is 5.26. The van der Waals surface area contributed by atoms with Crippen LogP contribution in [0.15, 0.2) is 30.3 Å². The van der Waals surface area contributed by atoms with E-state index in [1.165, 1.54) is 31.2 Å². The molecule has 1 N–H and O–H groups in total. The third-order valence-electron chi connectivity index (χ3n) is 3.90. The van der Waals surface area contributed by atoms with Crippen molar-refractivity contribution in [3.8, 4) is 0 Å². The smallest absolute Gasteiger partial charge is 0.0699 e. The molecule has 1 aromatic rings. The van der Waals surface area contributed by atoms with E-state index < -0.39 is 0 Å². The summed E-state index contributed by atoms with van der Waals surface area (Å²) in [7, 11) is 0. The van der Waals surface area contributed by atoms with E-state index >= 15 is 0 Å². The fourth-order valence-corrected chi connectivity index (χ4v) is 2.74. The first-order valence-electron chi connectivity index (χ1n) is 6.83. The molecule has 2 heteroatoms. The first-order valence-corrected chi connectivity index (χ1v) is 6.83. The van der Waals surface area contributed by atoms with Gasteiger partial charge < -0.3 is 10.1 Å². The molecule has 1 heterocycles. The summed E-state index contributed by atoms with van der Waals surface area (Å²) in [6.45, 7) is 1.99. The van der Waals surface area contributed by atoms with E-state index in [-0.39, 0.29) is 0 Å². The molecular weight excluding hydrogens is 210 g/mol. The molecule has 17 heavy (non-hydrogen) atoms. The van der Waals surface area contributed by atoms with Gasteiger partial charge >= 0.3 is 0 Å². The minimum atomic E-state index is 0.459. The van der Waals surface area contributed by atoms with Crippen LogP contribution in [-0.2, 0) is 4.74 Å². The fourth-order valence-electron chi connectivity index (χ4n) is 2.74. The number of hydrogen-bond acceptors (Lipinski definition) is 2. The molecule has 92 valence electrons. The van der Waals surface area contributed by atoms with E-state index in [2.05, 4.69) is 35.6 Å². The number of nitrogens with one attached hydrogen (secondary N) is 1. The maximum atomic E-state index is 5.73. The number of hydrogen-bond donors (Lipinski definition) is 1. The quantitative estimate of drug-likeness (QED) is 0.860. The van der Waals surface area contributed by atoms with Crippen LogP contribution in [0.25, 0.3) is 0 Å². The molecule has 0 bridgehead atoms. The first kappa shape index (κ1) is 11.2. The zero-order chi connectivity index (χ0) is 11.5. The predicted octanol–water partition coefficient (Wildman–Crippen LogP) is 2.70. The lowest BCUT2D eigenvalue weighted by Crippen LogP contribution is -2.33. The molecule has 2 nitrogen and oxygen atoms in total. The fraction of sp³-hybridized carbons (Fsp3) is 0.600. The molecule has 0 radical (unpaired) electrons. The Kier molecular flexibility index (Phi) is 3.44. The van der Waals surface area contributed by atoms with Crippen LogP contribution in [0.4, 0.5) is 0 Å². The van der Waals surface area contributed by atoms with Crippen molar-refractivity contribution in [1.29, 1.82) is 0 Å². The zero-order valence-corrected chi connectivity index (χ0v) is 10.3. The summed E-state index contributed by atoms with van der Waals surface area (Å²) in [6.07, 6.45) is 5.55. The molecule has 1 aliphatic carbocycles. The van der Waals surface area contributed by atoms with Crippen LogP contribution in [0, 0.1) is 0 Å². The summed E-state index contributed by atoms with van der Waals surface area (Å²) in [5, 5.41) is 3.65. The SMILES string of the molecule is c1ccc(C2CC2NCC2CCCCO2)cc1. The molecule has 2 fully saturated rings. The largest absolute Gasteiger partial charge is 0.377 e. The van der Waals surface area contributed by atoms with Crippen molar-refractivity contribution in [3.63, 3.8) is 0 Å². The van der Waals surface area contributed by atoms with Crippen LogP contribution in [-0.4, -0.2) is 25.3 Å². The molecule has 1 saturated carbocycles. The standard InChI is InChI=1S/C15H21NO/c1-2-6-12(7-3-1)14-10-15(14)16-11-13-8-4-5-9-17-13/h1-3,6-7,13-16H,4-5,8-11H2. The average Bonchev–Trinajstić information content (AvgIpc) is 3.18. The maximum Gasteiger partial charge on any atom is 0.0699 e. The Bertz CT molecular complexity index is 345. The molecule has 2 aliphatic rings. The monoisotopic (exact) mass is 231 g/mol. The Morgan fingerprint density at radius 2 is 2.06 bits per heavy atom. The van der Waals surface area contributed by atoms with Crippen molar-refractivity contribution in [3.05, 3.63) is 35.9 Å². The van der Waals surface area contributed by atoms with E-state index in [0.29, 0.717) is 12.1 Å². The van der Waals surface area contributed by atoms with Crippen LogP contribution in [0.1, 0.15) is 37.2 Å². The molecular formula is C15H21NO. The van der Waals surface area contributed by atoms with Gasteiger partial charge in [0.1, 0.15) is 0 Å². The van der Waals surface area contributed by atoms with Crippen molar-refractivity contribution >= 4 is 0 Å². The number of rotatable bonds is 4. The van der Waals surface area contributed by atoms with E-state index in [1.807, 2.05) is 0 Å². The molecule has 3 rings (SSSR count). The van der Waals surface area contributed by atoms with Gasteiger partial charge in [0.15, 0.2) is 0 Å². The second-order valence-corrected chi connectivity index (χ2v) is 5.26. The van der Waals surface area contributed by atoms with Gasteiger partial charge in [-0.2, -0.15) is 0 Å². The van der Waals surface area contributed by atoms with E-state index in [9.17, 15) is 0 Å². The van der Waals surface area contributed by atoms with Crippen LogP contribution >= 0.6 is 0 Å². The molecule has 3 atom stereocenters. The zero-order valence-electron chi connectivity index (χ0n) is 10.3. The van der Waals surface area contributed by atoms with Crippen molar-refractivity contribution in [2.45, 2.75) is 43.7 Å². The minimum absolute atomic E-state index is 0.459. The molecule has 0 spiro atoms. The van der Waals surface area contributed by atoms with Crippen molar-refractivity contribution in [2.75, 3.05) is 13.2 Å². The lowest BCUT2D eigenvalue weighted by Gasteiger charge is -2.22. The van der Waals surface area contributed by atoms with Gasteiger partial charge in [-0.25, -0.2) is 0 Å². The summed E-state index contributed by atoms with van der Waals surface area (Å²) in [6, 6.07) is 11.5. The highest BCUT2D eigenvalue weighted by Crippen LogP contribution is 2.40. The summed E-state index contributed by atoms with van der Waals surface area (Å²) in [5.41, 5.74) is 1.48. The van der Waals surface area contributed by atoms with Gasteiger partial charge in [-0.15, -0.1) is 0 Å². The van der Waals surface area contributed by atoms with Gasteiger partial charge in [0.05, 0.1) is 6.10 Å². The normalized spacial score (nSPS) is 32.4. The highest BCUT2D eigenvalue weighted by molar-refractivity contribution is 5.27. The number of benzene rings is 1. The lowest BCUT2D eigenvalue weighted by atomic mass is 10.1. The highest BCUT2D eigenvalue weighted by atomic mass is 16.5. The first-order chi connectivity index (χ1) is 8.43. The van der Waals surface area contributed by atoms with Gasteiger partial charge in [0.2, 0.25) is 0 Å². The predicted molar refractivity (Wildman–Crippen MR) is 69.2 cm³/mol. The molecule has 1 aromatic carbocycles. The summed E-state index contributed by atoms with van der Waals surface area (Å²) < 4.78 is 5.73. The topological polar surface area (TPSA) is 21.3 Å². The summed E-state index contributed by atoms with van der Waals surface area (Å²) in [5.74, 6) is 0.736. The van der Waals surface area contributed by atoms with Crippen LogP contribution in [0.2, 0.25) is 0 Å². The Morgan fingerprint density at radius 1 is 1.18 bits per heavy atom. The molecule has 1 aliphatic heterocycles. The number of ether oxygens (including phenoxy) is 1. The Labute approximate surface area is 103 Å². The summed E-state index contributed by atoms with van der Waals surface area (Å²) >= 11 is 0. The molecule has 0 aromatic heterocycles. The van der Waals surface area contributed by atoms with Gasteiger partial charge in [0.25, 0.3) is 0 Å². The molecule has 1 saturated heterocycles. The minimum Gasteiger partial charge on any atom is -0.377 e. The van der Waals surface area contributed by atoms with Gasteiger partial charge in [-0.1, -0.05) is 30.3 Å². The molecule has 0 amide bonds. The van der Waals surface area contributed by atoms with Gasteiger partial charge in [-0.3, -0.25) is 0 Å². The van der Waals surface area contributed by atoms with Crippen molar-refractivity contribution in [1.82, 2.24) is 5.32 Å². The van der Waals surface area contributed by atoms with Gasteiger partial charge in [0, 0.05) is 25.1 Å². The lowest BCUT2D eigenvalue weighted by molar-refractivity contribution is 0.0167. The Morgan fingerprint density at radius 3 is 2.82 bits per heavy atom. The van der Waals surface area contributed by atoms with Crippen LogP contribution < -0.4 is 5.32 Å². The van der Waals surface area contributed by atoms with Crippen molar-refractivity contribution < 1.29 is 4.74 Å². The van der Waals surface area contributed by atoms with E-state index in [4.69, 9.17) is 4.74 Å². The highest BCUT2D eigenvalue weighted by Gasteiger charge is 2.38. The Hall–Kier alpha value is -0.860. The Balaban J connectivity index is 1.43. The van der Waals surface area contributed by atoms with Gasteiger partial charge in [-0.05, 0) is 31.2 Å². The van der Waals surface area contributed by atoms with E-state index in [0.717, 1.165) is 19.1 Å². The van der Waals surface area contributed by atoms with E-state index in [1.54, 1.807) is 0 Å². The molecule has 3 unspecified atom stereocenters. The maximum absolute atomic E-state index is 5.73. The third kappa shape index (κ3) is 2.88. The van der Waals surface area contributed by atoms with Crippen molar-refractivity contribution in [2.24, 2.45) is 0 Å². The third-order valence-corrected chi connectivity index (χ3v) is 3.90. The average molecular weight is 231 g/mol. The van der Waals surface area contributed by atoms with Crippen LogP contribution in [0.5, 0.6) is 0 Å². The second kappa shape index (κ2) is 5.19. The van der Waals surface area contributed by atoms with Crippen LogP contribution in [0.3, 0.4) is 0 Å². The summed E-state index contributed by atoms with van der Waals surface area (Å²) in [4.78, 5) is 0.